The van der Waals surface area contributed by atoms with Gasteiger partial charge >= 0.3 is 6.18 Å². The highest BCUT2D eigenvalue weighted by Crippen LogP contribution is 2.37. The number of hydrogen-bond acceptors (Lipinski definition) is 4. The van der Waals surface area contributed by atoms with Crippen molar-refractivity contribution in [1.29, 1.82) is 0 Å². The van der Waals surface area contributed by atoms with Crippen molar-refractivity contribution in [1.82, 2.24) is 4.90 Å². The normalized spacial score (nSPS) is 15.4. The molecule has 33 heavy (non-hydrogen) atoms. The Kier molecular flexibility index (Phi) is 8.20. The lowest BCUT2D eigenvalue weighted by Crippen LogP contribution is -2.29. The number of anilines is 1. The maximum atomic E-state index is 13.2. The number of thiocarbonyl (C=S) groups is 1. The highest BCUT2D eigenvalue weighted by molar-refractivity contribution is 8.26. The molecule has 1 aliphatic heterocycles. The van der Waals surface area contributed by atoms with Gasteiger partial charge in [0.05, 0.1) is 16.2 Å². The summed E-state index contributed by atoms with van der Waals surface area (Å²) in [6.45, 7) is 2.25. The maximum absolute atomic E-state index is 13.2. The van der Waals surface area contributed by atoms with Crippen LogP contribution in [-0.4, -0.2) is 27.6 Å². The van der Waals surface area contributed by atoms with Crippen LogP contribution in [0.1, 0.15) is 36.5 Å². The van der Waals surface area contributed by atoms with Crippen molar-refractivity contribution in [2.75, 3.05) is 11.9 Å². The molecule has 0 radical (unpaired) electrons. The third-order valence-corrected chi connectivity index (χ3v) is 6.52. The minimum atomic E-state index is -4.65. The summed E-state index contributed by atoms with van der Waals surface area (Å²) >= 11 is 12.1. The fourth-order valence-electron chi connectivity index (χ4n) is 3.16. The molecule has 1 fully saturated rings. The summed E-state index contributed by atoms with van der Waals surface area (Å²) in [5.74, 6) is -0.846. The number of aryl methyl sites for hydroxylation is 1. The van der Waals surface area contributed by atoms with Crippen molar-refractivity contribution in [2.45, 2.75) is 32.4 Å². The van der Waals surface area contributed by atoms with E-state index in [-0.39, 0.29) is 36.0 Å². The molecule has 1 N–H and O–H groups in total. The fourth-order valence-corrected chi connectivity index (χ4v) is 4.64. The van der Waals surface area contributed by atoms with E-state index >= 15 is 0 Å². The van der Waals surface area contributed by atoms with Gasteiger partial charge in [0.2, 0.25) is 5.91 Å². The average Bonchev–Trinajstić information content (AvgIpc) is 3.02. The van der Waals surface area contributed by atoms with Crippen LogP contribution in [-0.2, 0) is 22.2 Å². The van der Waals surface area contributed by atoms with E-state index in [0.29, 0.717) is 9.23 Å². The molecule has 3 rings (SSSR count). The smallest absolute Gasteiger partial charge is 0.326 e. The summed E-state index contributed by atoms with van der Waals surface area (Å²) in [6, 6.07) is 11.0. The first-order valence-corrected chi connectivity index (χ1v) is 11.7. The largest absolute Gasteiger partial charge is 0.418 e. The summed E-state index contributed by atoms with van der Waals surface area (Å²) in [5.41, 5.74) is 0.700. The summed E-state index contributed by atoms with van der Waals surface area (Å²) in [6.07, 6.45) is -1.80. The van der Waals surface area contributed by atoms with Crippen molar-refractivity contribution in [3.63, 3.8) is 0 Å². The standard InChI is InChI=1S/C23H20ClF3N2O2S2/c1-2-14-5-7-15(8-6-14)12-19-21(31)29(22(32)33-19)11-3-4-20(30)28-18-10-9-16(24)13-17(18)23(25,26)27/h5-10,12-13H,2-4,11H2,1H3,(H,28,30). The molecule has 0 atom stereocenters. The van der Waals surface area contributed by atoms with Crippen LogP contribution < -0.4 is 5.32 Å². The number of rotatable bonds is 7. The van der Waals surface area contributed by atoms with E-state index in [2.05, 4.69) is 12.2 Å². The topological polar surface area (TPSA) is 49.4 Å². The van der Waals surface area contributed by atoms with Crippen molar-refractivity contribution in [3.05, 3.63) is 69.1 Å². The summed E-state index contributed by atoms with van der Waals surface area (Å²) in [7, 11) is 0. The predicted molar refractivity (Wildman–Crippen MR) is 130 cm³/mol. The number of amides is 2. The van der Waals surface area contributed by atoms with E-state index in [9.17, 15) is 22.8 Å². The molecule has 1 aliphatic rings. The molecule has 10 heteroatoms. The SMILES string of the molecule is CCc1ccc(C=C2SC(=S)N(CCCC(=O)Nc3ccc(Cl)cc3C(F)(F)F)C2=O)cc1. The van der Waals surface area contributed by atoms with E-state index in [1.807, 2.05) is 24.3 Å². The minimum absolute atomic E-state index is 0.0749. The van der Waals surface area contributed by atoms with E-state index in [4.69, 9.17) is 23.8 Å². The van der Waals surface area contributed by atoms with E-state index in [1.165, 1.54) is 28.3 Å². The van der Waals surface area contributed by atoms with Gasteiger partial charge in [0, 0.05) is 18.0 Å². The zero-order chi connectivity index (χ0) is 24.2. The second-order valence-electron chi connectivity index (χ2n) is 7.27. The van der Waals surface area contributed by atoms with Crippen molar-refractivity contribution in [2.24, 2.45) is 0 Å². The van der Waals surface area contributed by atoms with Crippen LogP contribution in [0.5, 0.6) is 0 Å². The van der Waals surface area contributed by atoms with E-state index in [0.717, 1.165) is 24.1 Å². The first-order chi connectivity index (χ1) is 15.6. The fraction of sp³-hybridized carbons (Fsp3) is 0.261. The molecule has 2 aromatic rings. The predicted octanol–water partition coefficient (Wildman–Crippen LogP) is 6.54. The molecule has 2 aromatic carbocycles. The Labute approximate surface area is 204 Å². The lowest BCUT2D eigenvalue weighted by Gasteiger charge is -2.16. The van der Waals surface area contributed by atoms with Gasteiger partial charge < -0.3 is 5.32 Å². The van der Waals surface area contributed by atoms with Gasteiger partial charge in [-0.05, 0) is 48.2 Å². The second kappa shape index (κ2) is 10.7. The summed E-state index contributed by atoms with van der Waals surface area (Å²) in [5, 5.41) is 2.19. The van der Waals surface area contributed by atoms with Crippen molar-refractivity contribution >= 4 is 63.5 Å². The molecular weight excluding hydrogens is 493 g/mol. The molecular formula is C23H20ClF3N2O2S2. The Bertz CT molecular complexity index is 1100. The van der Waals surface area contributed by atoms with Gasteiger partial charge in [-0.2, -0.15) is 13.2 Å². The first kappa shape index (κ1) is 25.3. The third kappa shape index (κ3) is 6.59. The van der Waals surface area contributed by atoms with Gasteiger partial charge in [0.25, 0.3) is 5.91 Å². The quantitative estimate of drug-likeness (QED) is 0.338. The van der Waals surface area contributed by atoms with Crippen LogP contribution >= 0.6 is 35.6 Å². The molecule has 0 saturated carbocycles. The van der Waals surface area contributed by atoms with Gasteiger partial charge in [0.15, 0.2) is 0 Å². The number of carbonyl (C=O) groups is 2. The molecule has 1 heterocycles. The summed E-state index contributed by atoms with van der Waals surface area (Å²) in [4.78, 5) is 26.8. The third-order valence-electron chi connectivity index (χ3n) is 4.91. The molecule has 4 nitrogen and oxygen atoms in total. The minimum Gasteiger partial charge on any atom is -0.326 e. The molecule has 0 unspecified atom stereocenters. The maximum Gasteiger partial charge on any atom is 0.418 e. The molecule has 0 spiro atoms. The Balaban J connectivity index is 1.57. The monoisotopic (exact) mass is 512 g/mol. The Morgan fingerprint density at radius 2 is 1.91 bits per heavy atom. The number of alkyl halides is 3. The number of thioether (sulfide) groups is 1. The van der Waals surface area contributed by atoms with Crippen LogP contribution in [0.15, 0.2) is 47.4 Å². The van der Waals surface area contributed by atoms with Crippen LogP contribution in [0.2, 0.25) is 5.02 Å². The average molecular weight is 513 g/mol. The number of nitrogens with one attached hydrogen (secondary N) is 1. The van der Waals surface area contributed by atoms with Gasteiger partial charge in [0.1, 0.15) is 4.32 Å². The van der Waals surface area contributed by atoms with Crippen molar-refractivity contribution < 1.29 is 22.8 Å². The lowest BCUT2D eigenvalue weighted by molar-refractivity contribution is -0.137. The van der Waals surface area contributed by atoms with Gasteiger partial charge in [-0.3, -0.25) is 14.5 Å². The Morgan fingerprint density at radius 3 is 2.55 bits per heavy atom. The highest BCUT2D eigenvalue weighted by Gasteiger charge is 2.34. The first-order valence-electron chi connectivity index (χ1n) is 10.1. The Morgan fingerprint density at radius 1 is 1.21 bits per heavy atom. The van der Waals surface area contributed by atoms with Crippen LogP contribution in [0.25, 0.3) is 6.08 Å². The van der Waals surface area contributed by atoms with Gasteiger partial charge in [-0.1, -0.05) is 66.8 Å². The van der Waals surface area contributed by atoms with Crippen molar-refractivity contribution in [3.8, 4) is 0 Å². The van der Waals surface area contributed by atoms with Crippen LogP contribution in [0, 0.1) is 0 Å². The Hall–Kier alpha value is -2.36. The van der Waals surface area contributed by atoms with Gasteiger partial charge in [-0.15, -0.1) is 0 Å². The molecule has 2 amide bonds. The number of nitrogens with zero attached hydrogens (tertiary/aromatic N) is 1. The van der Waals surface area contributed by atoms with E-state index < -0.39 is 17.6 Å². The van der Waals surface area contributed by atoms with Gasteiger partial charge in [-0.25, -0.2) is 0 Å². The molecule has 0 bridgehead atoms. The molecule has 174 valence electrons. The lowest BCUT2D eigenvalue weighted by atomic mass is 10.1. The van der Waals surface area contributed by atoms with Crippen LogP contribution in [0.4, 0.5) is 18.9 Å². The van der Waals surface area contributed by atoms with E-state index in [1.54, 1.807) is 6.08 Å². The molecule has 1 saturated heterocycles. The number of halogens is 4. The zero-order valence-corrected chi connectivity index (χ0v) is 19.9. The molecule has 0 aromatic heterocycles. The molecule has 0 aliphatic carbocycles. The number of benzene rings is 2. The number of carbonyl (C=O) groups excluding carboxylic acids is 2. The summed E-state index contributed by atoms with van der Waals surface area (Å²) < 4.78 is 39.9. The zero-order valence-electron chi connectivity index (χ0n) is 17.5. The number of hydrogen-bond donors (Lipinski definition) is 1. The van der Waals surface area contributed by atoms with Crippen LogP contribution in [0.3, 0.4) is 0 Å². The highest BCUT2D eigenvalue weighted by atomic mass is 35.5. The second-order valence-corrected chi connectivity index (χ2v) is 9.38.